The SMILES string of the molecule is COc1cc(C(=O)N2CCC3(CCC(=O)N3)CC2)c(Cl)cc1OC(C)C. The summed E-state index contributed by atoms with van der Waals surface area (Å²) >= 11 is 6.36. The van der Waals surface area contributed by atoms with Crippen molar-refractivity contribution in [1.29, 1.82) is 0 Å². The molecule has 2 saturated heterocycles. The maximum Gasteiger partial charge on any atom is 0.255 e. The molecule has 0 unspecified atom stereocenters. The second-order valence-electron chi connectivity index (χ2n) is 7.27. The Labute approximate surface area is 158 Å². The molecule has 7 heteroatoms. The zero-order valence-corrected chi connectivity index (χ0v) is 16.2. The molecule has 2 aliphatic heterocycles. The molecule has 1 aromatic rings. The van der Waals surface area contributed by atoms with E-state index in [-0.39, 0.29) is 23.5 Å². The lowest BCUT2D eigenvalue weighted by Gasteiger charge is -2.39. The van der Waals surface area contributed by atoms with Gasteiger partial charge in [-0.05, 0) is 39.2 Å². The fourth-order valence-corrected chi connectivity index (χ4v) is 3.90. The molecule has 0 bridgehead atoms. The Balaban J connectivity index is 1.75. The first kappa shape index (κ1) is 18.8. The highest BCUT2D eigenvalue weighted by atomic mass is 35.5. The highest BCUT2D eigenvalue weighted by Gasteiger charge is 2.41. The number of nitrogens with zero attached hydrogens (tertiary/aromatic N) is 1. The number of hydrogen-bond donors (Lipinski definition) is 1. The van der Waals surface area contributed by atoms with Gasteiger partial charge in [-0.15, -0.1) is 0 Å². The number of likely N-dealkylation sites (tertiary alicyclic amines) is 1. The van der Waals surface area contributed by atoms with Crippen LogP contribution < -0.4 is 14.8 Å². The first-order valence-electron chi connectivity index (χ1n) is 8.98. The second-order valence-corrected chi connectivity index (χ2v) is 7.68. The quantitative estimate of drug-likeness (QED) is 0.871. The summed E-state index contributed by atoms with van der Waals surface area (Å²) in [7, 11) is 1.54. The molecule has 2 amide bonds. The van der Waals surface area contributed by atoms with Crippen molar-refractivity contribution >= 4 is 23.4 Å². The van der Waals surface area contributed by atoms with Gasteiger partial charge in [-0.3, -0.25) is 9.59 Å². The number of piperidine rings is 1. The van der Waals surface area contributed by atoms with Crippen molar-refractivity contribution in [2.75, 3.05) is 20.2 Å². The summed E-state index contributed by atoms with van der Waals surface area (Å²) in [4.78, 5) is 26.3. The molecule has 0 atom stereocenters. The van der Waals surface area contributed by atoms with Gasteiger partial charge in [0, 0.05) is 31.1 Å². The van der Waals surface area contributed by atoms with Crippen LogP contribution in [-0.4, -0.2) is 48.6 Å². The van der Waals surface area contributed by atoms with E-state index < -0.39 is 0 Å². The van der Waals surface area contributed by atoms with Gasteiger partial charge in [0.1, 0.15) is 0 Å². The van der Waals surface area contributed by atoms with Gasteiger partial charge in [0.2, 0.25) is 5.91 Å². The maximum absolute atomic E-state index is 12.9. The molecule has 0 aromatic heterocycles. The molecule has 6 nitrogen and oxygen atoms in total. The van der Waals surface area contributed by atoms with Crippen LogP contribution in [0.15, 0.2) is 12.1 Å². The number of hydrogen-bond acceptors (Lipinski definition) is 4. The Kier molecular flexibility index (Phi) is 5.32. The fourth-order valence-electron chi connectivity index (χ4n) is 3.66. The number of benzene rings is 1. The Morgan fingerprint density at radius 3 is 2.46 bits per heavy atom. The van der Waals surface area contributed by atoms with Gasteiger partial charge in [0.05, 0.1) is 23.8 Å². The molecule has 1 N–H and O–H groups in total. The minimum Gasteiger partial charge on any atom is -0.493 e. The van der Waals surface area contributed by atoms with Crippen LogP contribution in [0, 0.1) is 0 Å². The van der Waals surface area contributed by atoms with Crippen LogP contribution in [0.4, 0.5) is 0 Å². The van der Waals surface area contributed by atoms with Crippen molar-refractivity contribution < 1.29 is 19.1 Å². The van der Waals surface area contributed by atoms with Gasteiger partial charge in [-0.25, -0.2) is 0 Å². The predicted octanol–water partition coefficient (Wildman–Crippen LogP) is 3.02. The first-order valence-corrected chi connectivity index (χ1v) is 9.36. The van der Waals surface area contributed by atoms with Crippen molar-refractivity contribution in [3.63, 3.8) is 0 Å². The molecular formula is C19H25ClN2O4. The van der Waals surface area contributed by atoms with E-state index in [0.717, 1.165) is 19.3 Å². The monoisotopic (exact) mass is 380 g/mol. The number of halogens is 1. The van der Waals surface area contributed by atoms with Gasteiger partial charge in [-0.2, -0.15) is 0 Å². The topological polar surface area (TPSA) is 67.9 Å². The third-order valence-corrected chi connectivity index (χ3v) is 5.40. The van der Waals surface area contributed by atoms with E-state index in [4.69, 9.17) is 21.1 Å². The number of methoxy groups -OCH3 is 1. The van der Waals surface area contributed by atoms with Crippen molar-refractivity contribution in [2.45, 2.75) is 51.2 Å². The molecule has 0 saturated carbocycles. The molecule has 2 heterocycles. The molecule has 142 valence electrons. The average molecular weight is 381 g/mol. The van der Waals surface area contributed by atoms with Crippen LogP contribution in [-0.2, 0) is 4.79 Å². The molecule has 0 aliphatic carbocycles. The minimum atomic E-state index is -0.135. The highest BCUT2D eigenvalue weighted by Crippen LogP contribution is 2.36. The summed E-state index contributed by atoms with van der Waals surface area (Å²) in [5, 5.41) is 3.43. The zero-order valence-electron chi connectivity index (χ0n) is 15.4. The summed E-state index contributed by atoms with van der Waals surface area (Å²) in [5.41, 5.74) is 0.274. The zero-order chi connectivity index (χ0) is 18.9. The number of rotatable bonds is 4. The van der Waals surface area contributed by atoms with E-state index in [0.29, 0.717) is 41.6 Å². The van der Waals surface area contributed by atoms with E-state index in [9.17, 15) is 9.59 Å². The van der Waals surface area contributed by atoms with Gasteiger partial charge >= 0.3 is 0 Å². The molecule has 2 aliphatic rings. The molecule has 3 rings (SSSR count). The van der Waals surface area contributed by atoms with Crippen LogP contribution in [0.2, 0.25) is 5.02 Å². The first-order chi connectivity index (χ1) is 12.3. The van der Waals surface area contributed by atoms with Crippen molar-refractivity contribution in [3.8, 4) is 11.5 Å². The summed E-state index contributed by atoms with van der Waals surface area (Å²) in [5.74, 6) is 1.00. The molecule has 26 heavy (non-hydrogen) atoms. The van der Waals surface area contributed by atoms with Crippen LogP contribution >= 0.6 is 11.6 Å². The Morgan fingerprint density at radius 1 is 1.23 bits per heavy atom. The minimum absolute atomic E-state index is 0.0265. The Bertz CT molecular complexity index is 712. The normalized spacial score (nSPS) is 19.0. The number of nitrogens with one attached hydrogen (secondary N) is 1. The Hall–Kier alpha value is -1.95. The van der Waals surface area contributed by atoms with Gasteiger partial charge in [-0.1, -0.05) is 11.6 Å². The van der Waals surface area contributed by atoms with Crippen molar-refractivity contribution in [1.82, 2.24) is 10.2 Å². The maximum atomic E-state index is 12.9. The van der Waals surface area contributed by atoms with E-state index >= 15 is 0 Å². The number of amides is 2. The molecule has 0 radical (unpaired) electrons. The largest absolute Gasteiger partial charge is 0.493 e. The van der Waals surface area contributed by atoms with Gasteiger partial charge < -0.3 is 19.7 Å². The third kappa shape index (κ3) is 3.75. The Morgan fingerprint density at radius 2 is 1.92 bits per heavy atom. The molecule has 1 aromatic carbocycles. The smallest absolute Gasteiger partial charge is 0.255 e. The molecule has 2 fully saturated rings. The van der Waals surface area contributed by atoms with Gasteiger partial charge in [0.15, 0.2) is 11.5 Å². The summed E-state index contributed by atoms with van der Waals surface area (Å²) < 4.78 is 11.1. The lowest BCUT2D eigenvalue weighted by Crippen LogP contribution is -2.52. The standard InChI is InChI=1S/C19H25ClN2O4/c1-12(2)26-16-11-14(20)13(10-15(16)25-3)18(24)22-8-6-19(7-9-22)5-4-17(23)21-19/h10-12H,4-9H2,1-3H3,(H,21,23). The lowest BCUT2D eigenvalue weighted by atomic mass is 9.86. The third-order valence-electron chi connectivity index (χ3n) is 5.09. The summed E-state index contributed by atoms with van der Waals surface area (Å²) in [6.07, 6.45) is 2.95. The summed E-state index contributed by atoms with van der Waals surface area (Å²) in [6, 6.07) is 3.28. The van der Waals surface area contributed by atoms with Crippen LogP contribution in [0.1, 0.15) is 49.9 Å². The van der Waals surface area contributed by atoms with E-state index in [1.165, 1.54) is 7.11 Å². The molecular weight excluding hydrogens is 356 g/mol. The van der Waals surface area contributed by atoms with E-state index in [2.05, 4.69) is 5.32 Å². The second kappa shape index (κ2) is 7.35. The van der Waals surface area contributed by atoms with Crippen LogP contribution in [0.3, 0.4) is 0 Å². The van der Waals surface area contributed by atoms with E-state index in [1.54, 1.807) is 17.0 Å². The highest BCUT2D eigenvalue weighted by molar-refractivity contribution is 6.34. The molecule has 1 spiro atoms. The number of carbonyl (C=O) groups is 2. The number of carbonyl (C=O) groups excluding carboxylic acids is 2. The van der Waals surface area contributed by atoms with Crippen molar-refractivity contribution in [3.05, 3.63) is 22.7 Å². The average Bonchev–Trinajstić information content (AvgIpc) is 2.95. The van der Waals surface area contributed by atoms with Gasteiger partial charge in [0.25, 0.3) is 5.91 Å². The fraction of sp³-hybridized carbons (Fsp3) is 0.579. The van der Waals surface area contributed by atoms with E-state index in [1.807, 2.05) is 13.8 Å². The van der Waals surface area contributed by atoms with Crippen LogP contribution in [0.25, 0.3) is 0 Å². The van der Waals surface area contributed by atoms with Crippen LogP contribution in [0.5, 0.6) is 11.5 Å². The van der Waals surface area contributed by atoms with Crippen molar-refractivity contribution in [2.24, 2.45) is 0 Å². The number of ether oxygens (including phenoxy) is 2. The lowest BCUT2D eigenvalue weighted by molar-refractivity contribution is -0.120. The summed E-state index contributed by atoms with van der Waals surface area (Å²) in [6.45, 7) is 5.03. The predicted molar refractivity (Wildman–Crippen MR) is 99.0 cm³/mol.